The van der Waals surface area contributed by atoms with Crippen LogP contribution in [0.1, 0.15) is 12.5 Å². The number of H-pyrrole nitrogens is 1. The van der Waals surface area contributed by atoms with Gasteiger partial charge in [0.05, 0.1) is 17.4 Å². The summed E-state index contributed by atoms with van der Waals surface area (Å²) in [4.78, 5) is 23.9. The molecule has 0 spiro atoms. The number of benzene rings is 2. The first-order valence-corrected chi connectivity index (χ1v) is 9.67. The van der Waals surface area contributed by atoms with E-state index < -0.39 is 11.6 Å². The molecular formula is C20H18FN6O2P. The van der Waals surface area contributed by atoms with Crippen LogP contribution in [0.3, 0.4) is 0 Å². The molecule has 4 rings (SSSR count). The summed E-state index contributed by atoms with van der Waals surface area (Å²) in [6, 6.07) is 10.6. The van der Waals surface area contributed by atoms with Gasteiger partial charge in [-0.3, -0.25) is 4.98 Å². The Bertz CT molecular complexity index is 1300. The summed E-state index contributed by atoms with van der Waals surface area (Å²) in [6.07, 6.45) is 2.33. The highest BCUT2D eigenvalue weighted by atomic mass is 31.0. The summed E-state index contributed by atoms with van der Waals surface area (Å²) < 4.78 is 19.7. The molecule has 0 saturated heterocycles. The molecule has 0 aliphatic rings. The molecule has 152 valence electrons. The largest absolute Gasteiger partial charge is 0.417 e. The first kappa shape index (κ1) is 19.7. The van der Waals surface area contributed by atoms with Gasteiger partial charge < -0.3 is 20.0 Å². The lowest BCUT2D eigenvalue weighted by molar-refractivity contribution is 0.555. The number of nitrogens with zero attached hydrogens (tertiary/aromatic N) is 3. The van der Waals surface area contributed by atoms with Crippen LogP contribution >= 0.6 is 9.24 Å². The molecule has 1 unspecified atom stereocenters. The molecule has 30 heavy (non-hydrogen) atoms. The van der Waals surface area contributed by atoms with Crippen molar-refractivity contribution in [1.82, 2.24) is 15.0 Å². The van der Waals surface area contributed by atoms with Crippen molar-refractivity contribution in [1.29, 1.82) is 5.41 Å². The number of oxazole rings is 1. The van der Waals surface area contributed by atoms with Crippen molar-refractivity contribution in [3.8, 4) is 0 Å². The van der Waals surface area contributed by atoms with E-state index >= 15 is 0 Å². The Morgan fingerprint density at radius 1 is 1.37 bits per heavy atom. The van der Waals surface area contributed by atoms with Gasteiger partial charge in [0.25, 0.3) is 0 Å². The molecule has 0 aliphatic heterocycles. The van der Waals surface area contributed by atoms with Crippen molar-refractivity contribution in [3.05, 3.63) is 64.5 Å². The smallest absolute Gasteiger partial charge is 0.408 e. The third-order valence-electron chi connectivity index (χ3n) is 4.53. The van der Waals surface area contributed by atoms with Crippen LogP contribution in [0.4, 0.5) is 27.5 Å². The number of hydrogen-bond acceptors (Lipinski definition) is 7. The summed E-state index contributed by atoms with van der Waals surface area (Å²) >= 11 is 0. The Hall–Kier alpha value is -3.58. The van der Waals surface area contributed by atoms with Crippen molar-refractivity contribution >= 4 is 55.0 Å². The molecule has 0 amide bonds. The van der Waals surface area contributed by atoms with E-state index in [1.165, 1.54) is 6.21 Å². The van der Waals surface area contributed by atoms with Gasteiger partial charge in [0.2, 0.25) is 5.95 Å². The lowest BCUT2D eigenvalue weighted by atomic mass is 10.1. The van der Waals surface area contributed by atoms with Crippen LogP contribution in [0, 0.1) is 11.2 Å². The van der Waals surface area contributed by atoms with Crippen LogP contribution < -0.4 is 21.3 Å². The van der Waals surface area contributed by atoms with Crippen molar-refractivity contribution in [2.75, 3.05) is 16.8 Å². The van der Waals surface area contributed by atoms with Gasteiger partial charge in [0.15, 0.2) is 17.2 Å². The minimum atomic E-state index is -0.584. The average molecular weight is 424 g/mol. The third-order valence-corrected chi connectivity index (χ3v) is 5.03. The Morgan fingerprint density at radius 3 is 2.97 bits per heavy atom. The molecular weight excluding hydrogens is 406 g/mol. The molecule has 0 radical (unpaired) electrons. The van der Waals surface area contributed by atoms with Crippen LogP contribution in [0.2, 0.25) is 0 Å². The van der Waals surface area contributed by atoms with Crippen LogP contribution in [0.25, 0.3) is 11.1 Å². The van der Waals surface area contributed by atoms with E-state index in [1.54, 1.807) is 23.1 Å². The average Bonchev–Trinajstić information content (AvgIpc) is 3.10. The zero-order valence-electron chi connectivity index (χ0n) is 15.9. The maximum absolute atomic E-state index is 14.7. The van der Waals surface area contributed by atoms with Gasteiger partial charge in [-0.2, -0.15) is 4.98 Å². The standard InChI is InChI=1S/C20H18FN6O2P/c1-2-27(15-4-3-5-17(30)12(15)9-22)18-13(21)10-23-19(26-18)24-11-6-7-14-16(8-11)29-20(28)25-14/h3-10,22H,2,30H2,1H3,(H,25,28)(H,23,24,26). The molecule has 0 saturated carbocycles. The second-order valence-corrected chi connectivity index (χ2v) is 7.01. The number of aromatic nitrogens is 3. The molecule has 0 fully saturated rings. The van der Waals surface area contributed by atoms with Crippen LogP contribution in [-0.4, -0.2) is 27.7 Å². The fourth-order valence-corrected chi connectivity index (χ4v) is 3.50. The van der Waals surface area contributed by atoms with Gasteiger partial charge in [-0.15, -0.1) is 9.24 Å². The second-order valence-electron chi connectivity index (χ2n) is 6.38. The van der Waals surface area contributed by atoms with Gasteiger partial charge in [0.1, 0.15) is 0 Å². The van der Waals surface area contributed by atoms with Crippen molar-refractivity contribution in [2.45, 2.75) is 6.92 Å². The van der Waals surface area contributed by atoms with E-state index in [0.717, 1.165) is 11.5 Å². The van der Waals surface area contributed by atoms with Gasteiger partial charge in [-0.1, -0.05) is 12.1 Å². The van der Waals surface area contributed by atoms with E-state index in [-0.39, 0.29) is 11.8 Å². The molecule has 2 aromatic heterocycles. The first-order valence-electron chi connectivity index (χ1n) is 9.09. The maximum Gasteiger partial charge on any atom is 0.417 e. The van der Waals surface area contributed by atoms with E-state index in [0.29, 0.717) is 34.6 Å². The highest BCUT2D eigenvalue weighted by Gasteiger charge is 2.19. The number of aromatic amines is 1. The number of halogens is 1. The van der Waals surface area contributed by atoms with E-state index in [1.807, 2.05) is 25.1 Å². The predicted octanol–water partition coefficient (Wildman–Crippen LogP) is 3.45. The molecule has 4 aromatic rings. The number of fused-ring (bicyclic) bond motifs is 1. The van der Waals surface area contributed by atoms with E-state index in [4.69, 9.17) is 9.83 Å². The first-order chi connectivity index (χ1) is 14.5. The molecule has 2 heterocycles. The Labute approximate surface area is 172 Å². The van der Waals surface area contributed by atoms with E-state index in [9.17, 15) is 9.18 Å². The SMILES string of the molecule is CCN(c1cccc(P)c1C=N)c1nc(Nc2ccc3[nH]c(=O)oc3c2)ncc1F. The van der Waals surface area contributed by atoms with Crippen LogP contribution in [0.15, 0.2) is 51.8 Å². The topological polar surface area (TPSA) is 111 Å². The molecule has 0 aliphatic carbocycles. The molecule has 0 bridgehead atoms. The van der Waals surface area contributed by atoms with Gasteiger partial charge in [-0.05, 0) is 30.4 Å². The molecule has 10 heteroatoms. The summed E-state index contributed by atoms with van der Waals surface area (Å²) in [7, 11) is 2.58. The van der Waals surface area contributed by atoms with Crippen molar-refractivity contribution in [3.63, 3.8) is 0 Å². The van der Waals surface area contributed by atoms with Crippen molar-refractivity contribution < 1.29 is 8.81 Å². The maximum atomic E-state index is 14.7. The second kappa shape index (κ2) is 8.04. The Kier molecular flexibility index (Phi) is 5.29. The third kappa shape index (κ3) is 3.67. The number of rotatable bonds is 6. The quantitative estimate of drug-likeness (QED) is 0.323. The van der Waals surface area contributed by atoms with Crippen LogP contribution in [0.5, 0.6) is 0 Å². The molecule has 2 aromatic carbocycles. The lowest BCUT2D eigenvalue weighted by Crippen LogP contribution is -2.22. The minimum absolute atomic E-state index is 0.0861. The van der Waals surface area contributed by atoms with Gasteiger partial charge in [0, 0.05) is 30.1 Å². The molecule has 1 atom stereocenters. The lowest BCUT2D eigenvalue weighted by Gasteiger charge is -2.25. The Balaban J connectivity index is 1.72. The summed E-state index contributed by atoms with van der Waals surface area (Å²) in [5.41, 5.74) is 2.86. The molecule has 3 N–H and O–H groups in total. The fourth-order valence-electron chi connectivity index (χ4n) is 3.16. The minimum Gasteiger partial charge on any atom is -0.408 e. The zero-order valence-corrected chi connectivity index (χ0v) is 17.1. The monoisotopic (exact) mass is 424 g/mol. The van der Waals surface area contributed by atoms with E-state index in [2.05, 4.69) is 29.5 Å². The fraction of sp³-hybridized carbons (Fsp3) is 0.100. The highest BCUT2D eigenvalue weighted by molar-refractivity contribution is 7.27. The summed E-state index contributed by atoms with van der Waals surface area (Å²) in [5, 5.41) is 11.6. The normalized spacial score (nSPS) is 10.9. The van der Waals surface area contributed by atoms with Gasteiger partial charge in [-0.25, -0.2) is 14.2 Å². The van der Waals surface area contributed by atoms with Crippen LogP contribution in [-0.2, 0) is 0 Å². The number of nitrogens with one attached hydrogen (secondary N) is 3. The van der Waals surface area contributed by atoms with Gasteiger partial charge >= 0.3 is 5.76 Å². The summed E-state index contributed by atoms with van der Waals surface area (Å²) in [6.45, 7) is 2.31. The number of anilines is 4. The Morgan fingerprint density at radius 2 is 2.20 bits per heavy atom. The molecule has 8 nitrogen and oxygen atoms in total. The predicted molar refractivity (Wildman–Crippen MR) is 118 cm³/mol. The zero-order chi connectivity index (χ0) is 21.3. The summed E-state index contributed by atoms with van der Waals surface area (Å²) in [5.74, 6) is -0.859. The number of hydrogen-bond donors (Lipinski definition) is 3. The highest BCUT2D eigenvalue weighted by Crippen LogP contribution is 2.29. The van der Waals surface area contributed by atoms with Crippen molar-refractivity contribution in [2.24, 2.45) is 0 Å².